The van der Waals surface area contributed by atoms with Gasteiger partial charge >= 0.3 is 5.69 Å². The van der Waals surface area contributed by atoms with Gasteiger partial charge in [0.25, 0.3) is 5.56 Å². The number of aryl methyl sites for hydroxylation is 2. The lowest BCUT2D eigenvalue weighted by molar-refractivity contribution is -0.121. The summed E-state index contributed by atoms with van der Waals surface area (Å²) in [5, 5.41) is 7.71. The van der Waals surface area contributed by atoms with E-state index in [4.69, 9.17) is 0 Å². The first-order valence-corrected chi connectivity index (χ1v) is 10.3. The number of rotatable bonds is 6. The molecule has 4 aromatic rings. The average Bonchev–Trinajstić information content (AvgIpc) is 3.05. The molecule has 4 rings (SSSR count). The Bertz CT molecular complexity index is 1380. The molecule has 31 heavy (non-hydrogen) atoms. The Morgan fingerprint density at radius 3 is 2.48 bits per heavy atom. The van der Waals surface area contributed by atoms with E-state index in [0.717, 1.165) is 11.1 Å². The zero-order chi connectivity index (χ0) is 22.1. The topological polar surface area (TPSA) is 90.4 Å². The van der Waals surface area contributed by atoms with Crippen LogP contribution in [0.25, 0.3) is 16.7 Å². The lowest BCUT2D eigenvalue weighted by atomic mass is 10.1. The number of fused-ring (bicyclic) bond motifs is 3. The first-order chi connectivity index (χ1) is 14.8. The lowest BCUT2D eigenvalue weighted by Gasteiger charge is -2.11. The average molecular weight is 419 g/mol. The van der Waals surface area contributed by atoms with Crippen molar-refractivity contribution in [3.05, 3.63) is 80.5 Å². The summed E-state index contributed by atoms with van der Waals surface area (Å²) in [5.41, 5.74) is 1.97. The number of benzene rings is 2. The van der Waals surface area contributed by atoms with E-state index in [-0.39, 0.29) is 48.5 Å². The number of nitrogens with zero attached hydrogens (tertiary/aromatic N) is 4. The Hall–Kier alpha value is -3.68. The summed E-state index contributed by atoms with van der Waals surface area (Å²) in [4.78, 5) is 38.5. The smallest absolute Gasteiger partial charge is 0.352 e. The number of nitrogens with one attached hydrogen (secondary N) is 1. The normalized spacial score (nSPS) is 11.5. The minimum absolute atomic E-state index is 0.0113. The third-order valence-corrected chi connectivity index (χ3v) is 5.15. The van der Waals surface area contributed by atoms with Crippen molar-refractivity contribution in [1.82, 2.24) is 24.1 Å². The fourth-order valence-corrected chi connectivity index (χ4v) is 3.65. The van der Waals surface area contributed by atoms with Gasteiger partial charge in [0, 0.05) is 19.0 Å². The Labute approximate surface area is 178 Å². The molecule has 1 amide bonds. The molecule has 0 bridgehead atoms. The van der Waals surface area contributed by atoms with Crippen molar-refractivity contribution in [1.29, 1.82) is 0 Å². The van der Waals surface area contributed by atoms with Crippen molar-refractivity contribution in [2.24, 2.45) is 0 Å². The van der Waals surface area contributed by atoms with Gasteiger partial charge < -0.3 is 5.32 Å². The molecule has 2 aromatic heterocycles. The second-order valence-corrected chi connectivity index (χ2v) is 8.01. The summed E-state index contributed by atoms with van der Waals surface area (Å²) < 4.78 is 4.22. The lowest BCUT2D eigenvalue weighted by Crippen LogP contribution is -2.32. The molecule has 0 aliphatic heterocycles. The monoisotopic (exact) mass is 419 g/mol. The summed E-state index contributed by atoms with van der Waals surface area (Å²) in [6.45, 7) is 6.18. The van der Waals surface area contributed by atoms with E-state index in [1.165, 1.54) is 13.6 Å². The summed E-state index contributed by atoms with van der Waals surface area (Å²) >= 11 is 0. The molecule has 0 spiro atoms. The SMILES string of the molecule is Cc1ccc(Cn2nc3n(CCC(=O)NC(C)C)c(=O)c4ccccc4n3c2=O)cc1. The van der Waals surface area contributed by atoms with Gasteiger partial charge in [-0.15, -0.1) is 5.10 Å². The minimum Gasteiger partial charge on any atom is -0.354 e. The molecule has 0 unspecified atom stereocenters. The van der Waals surface area contributed by atoms with Crippen molar-refractivity contribution in [2.45, 2.75) is 46.3 Å². The number of hydrogen-bond donors (Lipinski definition) is 1. The fourth-order valence-electron chi connectivity index (χ4n) is 3.65. The Morgan fingerprint density at radius 2 is 1.77 bits per heavy atom. The predicted molar refractivity (Wildman–Crippen MR) is 119 cm³/mol. The first-order valence-electron chi connectivity index (χ1n) is 10.3. The van der Waals surface area contributed by atoms with Gasteiger partial charge in [0.05, 0.1) is 17.4 Å². The summed E-state index contributed by atoms with van der Waals surface area (Å²) in [6.07, 6.45) is 0.116. The maximum Gasteiger partial charge on any atom is 0.352 e. The fraction of sp³-hybridized carbons (Fsp3) is 0.304. The van der Waals surface area contributed by atoms with Crippen molar-refractivity contribution in [2.75, 3.05) is 0 Å². The summed E-state index contributed by atoms with van der Waals surface area (Å²) in [6, 6.07) is 14.8. The highest BCUT2D eigenvalue weighted by molar-refractivity contribution is 5.80. The molecule has 0 aliphatic carbocycles. The van der Waals surface area contributed by atoms with E-state index in [9.17, 15) is 14.4 Å². The van der Waals surface area contributed by atoms with Crippen LogP contribution in [0, 0.1) is 6.92 Å². The van der Waals surface area contributed by atoms with Gasteiger partial charge in [-0.05, 0) is 38.5 Å². The third kappa shape index (κ3) is 4.01. The molecule has 8 heteroatoms. The maximum atomic E-state index is 13.2. The van der Waals surface area contributed by atoms with E-state index in [0.29, 0.717) is 10.9 Å². The highest BCUT2D eigenvalue weighted by atomic mass is 16.2. The summed E-state index contributed by atoms with van der Waals surface area (Å²) in [7, 11) is 0. The molecular formula is C23H25N5O3. The molecular weight excluding hydrogens is 394 g/mol. The van der Waals surface area contributed by atoms with Gasteiger partial charge in [0.2, 0.25) is 11.7 Å². The number of aromatic nitrogens is 4. The number of carbonyl (C=O) groups excluding carboxylic acids is 1. The molecule has 160 valence electrons. The second-order valence-electron chi connectivity index (χ2n) is 8.01. The van der Waals surface area contributed by atoms with Crippen LogP contribution >= 0.6 is 0 Å². The van der Waals surface area contributed by atoms with Crippen LogP contribution in [-0.4, -0.2) is 30.7 Å². The highest BCUT2D eigenvalue weighted by Gasteiger charge is 2.18. The first kappa shape index (κ1) is 20.6. The Kier molecular flexibility index (Phi) is 5.46. The molecule has 2 aromatic carbocycles. The van der Waals surface area contributed by atoms with E-state index in [1.807, 2.05) is 45.0 Å². The number of para-hydroxylation sites is 1. The van der Waals surface area contributed by atoms with E-state index in [1.54, 1.807) is 24.3 Å². The maximum absolute atomic E-state index is 13.2. The van der Waals surface area contributed by atoms with Crippen LogP contribution in [0.1, 0.15) is 31.4 Å². The molecule has 2 heterocycles. The van der Waals surface area contributed by atoms with Crippen molar-refractivity contribution in [3.8, 4) is 0 Å². The zero-order valence-electron chi connectivity index (χ0n) is 17.8. The highest BCUT2D eigenvalue weighted by Crippen LogP contribution is 2.12. The van der Waals surface area contributed by atoms with Crippen LogP contribution in [-0.2, 0) is 17.9 Å². The van der Waals surface area contributed by atoms with Crippen molar-refractivity contribution < 1.29 is 4.79 Å². The molecule has 0 aliphatic rings. The molecule has 0 radical (unpaired) electrons. The van der Waals surface area contributed by atoms with Crippen LogP contribution in [0.5, 0.6) is 0 Å². The van der Waals surface area contributed by atoms with Gasteiger partial charge in [-0.2, -0.15) is 0 Å². The van der Waals surface area contributed by atoms with Gasteiger partial charge in [0.1, 0.15) is 0 Å². The van der Waals surface area contributed by atoms with Gasteiger partial charge in [-0.3, -0.25) is 14.2 Å². The Balaban J connectivity index is 1.84. The van der Waals surface area contributed by atoms with Crippen LogP contribution in [0.15, 0.2) is 58.1 Å². The molecule has 0 fully saturated rings. The molecule has 0 saturated heterocycles. The van der Waals surface area contributed by atoms with Crippen LogP contribution in [0.4, 0.5) is 0 Å². The Morgan fingerprint density at radius 1 is 1.06 bits per heavy atom. The molecule has 1 N–H and O–H groups in total. The molecule has 8 nitrogen and oxygen atoms in total. The van der Waals surface area contributed by atoms with Gasteiger partial charge in [-0.1, -0.05) is 42.0 Å². The van der Waals surface area contributed by atoms with Crippen LogP contribution in [0.2, 0.25) is 0 Å². The number of hydrogen-bond acceptors (Lipinski definition) is 4. The van der Waals surface area contributed by atoms with Gasteiger partial charge in [0.15, 0.2) is 0 Å². The zero-order valence-corrected chi connectivity index (χ0v) is 17.8. The van der Waals surface area contributed by atoms with Gasteiger partial charge in [-0.25, -0.2) is 13.9 Å². The largest absolute Gasteiger partial charge is 0.354 e. The quantitative estimate of drug-likeness (QED) is 0.518. The van der Waals surface area contributed by atoms with Crippen LogP contribution in [0.3, 0.4) is 0 Å². The summed E-state index contributed by atoms with van der Waals surface area (Å²) in [5.74, 6) is 0.0767. The van der Waals surface area contributed by atoms with Crippen LogP contribution < -0.4 is 16.6 Å². The molecule has 0 saturated carbocycles. The minimum atomic E-state index is -0.327. The van der Waals surface area contributed by atoms with E-state index >= 15 is 0 Å². The predicted octanol–water partition coefficient (Wildman–Crippen LogP) is 2.08. The van der Waals surface area contributed by atoms with Crippen molar-refractivity contribution in [3.63, 3.8) is 0 Å². The third-order valence-electron chi connectivity index (χ3n) is 5.15. The van der Waals surface area contributed by atoms with E-state index < -0.39 is 0 Å². The van der Waals surface area contributed by atoms with Crippen molar-refractivity contribution >= 4 is 22.6 Å². The number of carbonyl (C=O) groups is 1. The van der Waals surface area contributed by atoms with E-state index in [2.05, 4.69) is 10.4 Å². The second kappa shape index (κ2) is 8.22. The standard InChI is InChI=1S/C23H25N5O3/c1-15(2)24-20(29)12-13-26-21(30)18-6-4-5-7-19(18)28-22(26)25-27(23(28)31)14-17-10-8-16(3)9-11-17/h4-11,15H,12-14H2,1-3H3,(H,24,29). The number of amides is 1. The molecule has 0 atom stereocenters.